The standard InChI is InChI=1S/C52H32N4OS/c1-5-14-33(15-6-1)39-28-40(34-16-7-2-8-17-34)30-41(29-39)52-53-44-26-24-38(32-45(44)57-52)37-25-27-46-43(31-37)48-42(22-13-23-47(48)58-46)51-55-49(35-18-9-3-10-19-35)54-50(56-51)36-20-11-4-12-21-36/h1-32H. The average Bonchev–Trinajstić information content (AvgIpc) is 3.91. The minimum atomic E-state index is 0.591. The van der Waals surface area contributed by atoms with Gasteiger partial charge in [0.25, 0.3) is 0 Å². The minimum Gasteiger partial charge on any atom is -0.436 e. The smallest absolute Gasteiger partial charge is 0.227 e. The van der Waals surface area contributed by atoms with Gasteiger partial charge >= 0.3 is 0 Å². The van der Waals surface area contributed by atoms with E-state index in [1.54, 1.807) is 11.3 Å². The summed E-state index contributed by atoms with van der Waals surface area (Å²) in [4.78, 5) is 20.1. The normalized spacial score (nSPS) is 11.4. The quantitative estimate of drug-likeness (QED) is 0.162. The van der Waals surface area contributed by atoms with Crippen molar-refractivity contribution < 1.29 is 4.42 Å². The molecule has 11 aromatic rings. The second-order valence-corrected chi connectivity index (χ2v) is 15.3. The Balaban J connectivity index is 1.01. The zero-order valence-electron chi connectivity index (χ0n) is 31.1. The number of rotatable bonds is 7. The number of benzene rings is 8. The van der Waals surface area contributed by atoms with E-state index in [2.05, 4.69) is 121 Å². The number of hydrogen-bond donors (Lipinski definition) is 0. The lowest BCUT2D eigenvalue weighted by Crippen LogP contribution is -2.00. The van der Waals surface area contributed by atoms with Gasteiger partial charge in [0.05, 0.1) is 0 Å². The molecule has 0 spiro atoms. The molecule has 272 valence electrons. The van der Waals surface area contributed by atoms with E-state index in [0.717, 1.165) is 77.5 Å². The summed E-state index contributed by atoms with van der Waals surface area (Å²) in [6, 6.07) is 67.0. The van der Waals surface area contributed by atoms with E-state index >= 15 is 0 Å². The molecule has 58 heavy (non-hydrogen) atoms. The number of hydrogen-bond acceptors (Lipinski definition) is 6. The zero-order valence-corrected chi connectivity index (χ0v) is 31.9. The molecule has 0 radical (unpaired) electrons. The maximum atomic E-state index is 6.58. The van der Waals surface area contributed by atoms with Crippen molar-refractivity contribution in [3.05, 3.63) is 194 Å². The van der Waals surface area contributed by atoms with E-state index in [1.165, 1.54) is 9.40 Å². The summed E-state index contributed by atoms with van der Waals surface area (Å²) in [5, 5.41) is 2.28. The highest BCUT2D eigenvalue weighted by Crippen LogP contribution is 2.42. The van der Waals surface area contributed by atoms with Gasteiger partial charge in [-0.25, -0.2) is 19.9 Å². The third-order valence-electron chi connectivity index (χ3n) is 10.6. The van der Waals surface area contributed by atoms with Gasteiger partial charge in [0.2, 0.25) is 5.89 Å². The summed E-state index contributed by atoms with van der Waals surface area (Å²) < 4.78 is 8.95. The second-order valence-electron chi connectivity index (χ2n) is 14.3. The lowest BCUT2D eigenvalue weighted by Gasteiger charge is -2.10. The van der Waals surface area contributed by atoms with Gasteiger partial charge in [-0.1, -0.05) is 146 Å². The molecule has 5 nitrogen and oxygen atoms in total. The van der Waals surface area contributed by atoms with Crippen LogP contribution in [0, 0.1) is 0 Å². The number of nitrogens with zero attached hydrogens (tertiary/aromatic N) is 4. The van der Waals surface area contributed by atoms with E-state index < -0.39 is 0 Å². The second kappa shape index (κ2) is 14.2. The highest BCUT2D eigenvalue weighted by molar-refractivity contribution is 7.26. The van der Waals surface area contributed by atoms with Crippen LogP contribution < -0.4 is 0 Å². The first kappa shape index (κ1) is 33.8. The van der Waals surface area contributed by atoms with Crippen molar-refractivity contribution in [1.29, 1.82) is 0 Å². The molecule has 3 heterocycles. The molecular formula is C52H32N4OS. The first-order valence-electron chi connectivity index (χ1n) is 19.2. The lowest BCUT2D eigenvalue weighted by atomic mass is 9.96. The summed E-state index contributed by atoms with van der Waals surface area (Å²) in [7, 11) is 0. The summed E-state index contributed by atoms with van der Waals surface area (Å²) >= 11 is 1.78. The number of fused-ring (bicyclic) bond motifs is 4. The highest BCUT2D eigenvalue weighted by atomic mass is 32.1. The lowest BCUT2D eigenvalue weighted by molar-refractivity contribution is 0.620. The van der Waals surface area contributed by atoms with E-state index in [1.807, 2.05) is 72.8 Å². The van der Waals surface area contributed by atoms with Crippen LogP contribution in [-0.2, 0) is 0 Å². The summed E-state index contributed by atoms with van der Waals surface area (Å²) in [6.07, 6.45) is 0. The van der Waals surface area contributed by atoms with Gasteiger partial charge in [-0.05, 0) is 81.9 Å². The van der Waals surface area contributed by atoms with Gasteiger partial charge in [-0.3, -0.25) is 0 Å². The molecule has 3 aromatic heterocycles. The Morgan fingerprint density at radius 3 is 1.50 bits per heavy atom. The predicted octanol–water partition coefficient (Wildman–Crippen LogP) is 14.0. The van der Waals surface area contributed by atoms with Crippen LogP contribution in [0.25, 0.3) is 110 Å². The highest BCUT2D eigenvalue weighted by Gasteiger charge is 2.18. The first-order chi connectivity index (χ1) is 28.7. The van der Waals surface area contributed by atoms with Gasteiger partial charge in [0.15, 0.2) is 23.1 Å². The Kier molecular flexibility index (Phi) is 8.26. The SMILES string of the molecule is c1ccc(-c2cc(-c3ccccc3)cc(-c3nc4ccc(-c5ccc6sc7cccc(-c8nc(-c9ccccc9)nc(-c9ccccc9)n8)c7c6c5)cc4o3)c2)cc1. The molecule has 0 saturated carbocycles. The number of aromatic nitrogens is 4. The van der Waals surface area contributed by atoms with Crippen molar-refractivity contribution in [2.75, 3.05) is 0 Å². The van der Waals surface area contributed by atoms with Crippen LogP contribution in [0.2, 0.25) is 0 Å². The molecule has 0 N–H and O–H groups in total. The Morgan fingerprint density at radius 2 is 0.879 bits per heavy atom. The van der Waals surface area contributed by atoms with Gasteiger partial charge in [-0.2, -0.15) is 0 Å². The molecule has 0 saturated heterocycles. The largest absolute Gasteiger partial charge is 0.436 e. The molecule has 8 aromatic carbocycles. The molecule has 0 unspecified atom stereocenters. The predicted molar refractivity (Wildman–Crippen MR) is 238 cm³/mol. The summed E-state index contributed by atoms with van der Waals surface area (Å²) in [5.41, 5.74) is 12.0. The van der Waals surface area contributed by atoms with Crippen molar-refractivity contribution in [3.8, 4) is 79.0 Å². The van der Waals surface area contributed by atoms with Crippen molar-refractivity contribution in [1.82, 2.24) is 19.9 Å². The molecule has 0 bridgehead atoms. The van der Waals surface area contributed by atoms with Crippen molar-refractivity contribution in [2.24, 2.45) is 0 Å². The number of oxazole rings is 1. The molecule has 6 heteroatoms. The van der Waals surface area contributed by atoms with Crippen LogP contribution in [0.3, 0.4) is 0 Å². The zero-order chi connectivity index (χ0) is 38.4. The minimum absolute atomic E-state index is 0.591. The first-order valence-corrected chi connectivity index (χ1v) is 20.0. The van der Waals surface area contributed by atoms with Crippen molar-refractivity contribution in [3.63, 3.8) is 0 Å². The average molecular weight is 761 g/mol. The third-order valence-corrected chi connectivity index (χ3v) is 11.7. The van der Waals surface area contributed by atoms with Crippen LogP contribution in [0.15, 0.2) is 199 Å². The fraction of sp³-hybridized carbons (Fsp3) is 0. The van der Waals surface area contributed by atoms with E-state index in [4.69, 9.17) is 24.4 Å². The maximum absolute atomic E-state index is 6.58. The summed E-state index contributed by atoms with van der Waals surface area (Å²) in [5.74, 6) is 2.52. The molecule has 0 atom stereocenters. The fourth-order valence-electron chi connectivity index (χ4n) is 7.70. The van der Waals surface area contributed by atoms with E-state index in [9.17, 15) is 0 Å². The molecule has 11 rings (SSSR count). The van der Waals surface area contributed by atoms with Crippen LogP contribution >= 0.6 is 11.3 Å². The monoisotopic (exact) mass is 760 g/mol. The topological polar surface area (TPSA) is 64.7 Å². The fourth-order valence-corrected chi connectivity index (χ4v) is 8.81. The van der Waals surface area contributed by atoms with Crippen LogP contribution in [0.5, 0.6) is 0 Å². The Labute approximate surface area is 338 Å². The molecular weight excluding hydrogens is 729 g/mol. The maximum Gasteiger partial charge on any atom is 0.227 e. The summed E-state index contributed by atoms with van der Waals surface area (Å²) in [6.45, 7) is 0. The van der Waals surface area contributed by atoms with Crippen molar-refractivity contribution >= 4 is 42.6 Å². The van der Waals surface area contributed by atoms with Gasteiger partial charge in [-0.15, -0.1) is 11.3 Å². The van der Waals surface area contributed by atoms with Crippen LogP contribution in [0.1, 0.15) is 0 Å². The molecule has 0 aliphatic heterocycles. The Bertz CT molecular complexity index is 3150. The van der Waals surface area contributed by atoms with E-state index in [-0.39, 0.29) is 0 Å². The van der Waals surface area contributed by atoms with Gasteiger partial charge in [0.1, 0.15) is 5.52 Å². The third kappa shape index (κ3) is 6.22. The van der Waals surface area contributed by atoms with E-state index in [0.29, 0.717) is 23.4 Å². The van der Waals surface area contributed by atoms with Gasteiger partial charge in [0, 0.05) is 42.4 Å². The van der Waals surface area contributed by atoms with Crippen LogP contribution in [0.4, 0.5) is 0 Å². The van der Waals surface area contributed by atoms with Crippen LogP contribution in [-0.4, -0.2) is 19.9 Å². The number of thiophene rings is 1. The Morgan fingerprint density at radius 1 is 0.345 bits per heavy atom. The van der Waals surface area contributed by atoms with Crippen molar-refractivity contribution in [2.45, 2.75) is 0 Å². The molecule has 0 aliphatic rings. The molecule has 0 amide bonds. The molecule has 0 fully saturated rings. The Hall–Kier alpha value is -7.54. The molecule has 0 aliphatic carbocycles. The van der Waals surface area contributed by atoms with Gasteiger partial charge < -0.3 is 4.42 Å².